The lowest BCUT2D eigenvalue weighted by molar-refractivity contribution is -0.384. The molecule has 0 bridgehead atoms. The van der Waals surface area contributed by atoms with Crippen molar-refractivity contribution in [3.63, 3.8) is 0 Å². The number of nitrogens with one attached hydrogen (secondary N) is 3. The van der Waals surface area contributed by atoms with E-state index in [0.29, 0.717) is 30.3 Å². The zero-order valence-electron chi connectivity index (χ0n) is 16.1. The van der Waals surface area contributed by atoms with E-state index in [9.17, 15) is 19.7 Å². The lowest BCUT2D eigenvalue weighted by Gasteiger charge is -2.25. The Morgan fingerprint density at radius 1 is 1.34 bits per heavy atom. The number of fused-ring (bicyclic) bond motifs is 1. The predicted molar refractivity (Wildman–Crippen MR) is 110 cm³/mol. The van der Waals surface area contributed by atoms with Crippen LogP contribution in [0.4, 0.5) is 21.3 Å². The van der Waals surface area contributed by atoms with Crippen LogP contribution in [0.5, 0.6) is 0 Å². The number of nitrogens with zero attached hydrogens (tertiary/aromatic N) is 3. The number of anilines is 2. The zero-order chi connectivity index (χ0) is 21.0. The standard InChI is InChI=1S/C18H22N6O4S/c1-11(2)19-17(26)22-18-21-14-6-7-23(9-15(14)29-18)10-16(25)20-12-4-3-5-13(8-12)24(27)28/h3-5,8,11H,6-7,9-10H2,1-2H3,(H,20,25)(H2,19,21,22,26). The molecule has 11 heteroatoms. The fourth-order valence-electron chi connectivity index (χ4n) is 2.93. The number of hydrogen-bond acceptors (Lipinski definition) is 7. The third-order valence-electron chi connectivity index (χ3n) is 4.16. The first-order valence-corrected chi connectivity index (χ1v) is 9.94. The number of aromatic nitrogens is 1. The van der Waals surface area contributed by atoms with Gasteiger partial charge in [-0.15, -0.1) is 11.3 Å². The summed E-state index contributed by atoms with van der Waals surface area (Å²) >= 11 is 1.40. The highest BCUT2D eigenvalue weighted by molar-refractivity contribution is 7.15. The average molecular weight is 418 g/mol. The molecule has 10 nitrogen and oxygen atoms in total. The van der Waals surface area contributed by atoms with Crippen molar-refractivity contribution in [2.45, 2.75) is 32.9 Å². The van der Waals surface area contributed by atoms with Crippen LogP contribution in [-0.4, -0.2) is 45.9 Å². The molecule has 0 radical (unpaired) electrons. The molecule has 2 aromatic rings. The van der Waals surface area contributed by atoms with Gasteiger partial charge < -0.3 is 10.6 Å². The summed E-state index contributed by atoms with van der Waals surface area (Å²) in [5.41, 5.74) is 1.25. The van der Waals surface area contributed by atoms with Gasteiger partial charge in [-0.2, -0.15) is 0 Å². The summed E-state index contributed by atoms with van der Waals surface area (Å²) in [4.78, 5) is 41.9. The van der Waals surface area contributed by atoms with Crippen molar-refractivity contribution < 1.29 is 14.5 Å². The number of nitro groups is 1. The lowest BCUT2D eigenvalue weighted by Crippen LogP contribution is -2.36. The first-order valence-electron chi connectivity index (χ1n) is 9.13. The molecule has 3 amide bonds. The fraction of sp³-hybridized carbons (Fsp3) is 0.389. The second kappa shape index (κ2) is 8.97. The van der Waals surface area contributed by atoms with E-state index in [1.807, 2.05) is 18.7 Å². The second-order valence-corrected chi connectivity index (χ2v) is 8.04. The molecule has 1 aromatic heterocycles. The summed E-state index contributed by atoms with van der Waals surface area (Å²) in [6.07, 6.45) is 0.684. The highest BCUT2D eigenvalue weighted by Crippen LogP contribution is 2.28. The Morgan fingerprint density at radius 3 is 2.86 bits per heavy atom. The van der Waals surface area contributed by atoms with Crippen LogP contribution in [0.15, 0.2) is 24.3 Å². The van der Waals surface area contributed by atoms with Crippen molar-refractivity contribution in [2.75, 3.05) is 23.7 Å². The molecule has 29 heavy (non-hydrogen) atoms. The molecule has 0 spiro atoms. The van der Waals surface area contributed by atoms with Gasteiger partial charge in [0.1, 0.15) is 0 Å². The second-order valence-electron chi connectivity index (χ2n) is 6.96. The Morgan fingerprint density at radius 2 is 2.14 bits per heavy atom. The van der Waals surface area contributed by atoms with E-state index in [0.717, 1.165) is 10.6 Å². The molecular weight excluding hydrogens is 396 g/mol. The molecule has 1 aliphatic heterocycles. The van der Waals surface area contributed by atoms with E-state index in [-0.39, 0.29) is 30.2 Å². The Bertz CT molecular complexity index is 929. The minimum absolute atomic E-state index is 0.0321. The van der Waals surface area contributed by atoms with Gasteiger partial charge in [-0.05, 0) is 19.9 Å². The van der Waals surface area contributed by atoms with Gasteiger partial charge in [0.25, 0.3) is 5.69 Å². The van der Waals surface area contributed by atoms with Crippen LogP contribution in [0.2, 0.25) is 0 Å². The maximum Gasteiger partial charge on any atom is 0.321 e. The van der Waals surface area contributed by atoms with Crippen LogP contribution in [0.3, 0.4) is 0 Å². The molecule has 3 rings (SSSR count). The van der Waals surface area contributed by atoms with Crippen LogP contribution in [0, 0.1) is 10.1 Å². The van der Waals surface area contributed by atoms with Gasteiger partial charge in [-0.3, -0.25) is 25.1 Å². The number of amides is 3. The number of carbonyl (C=O) groups is 2. The molecule has 2 heterocycles. The van der Waals surface area contributed by atoms with Crippen molar-refractivity contribution in [3.8, 4) is 0 Å². The monoisotopic (exact) mass is 418 g/mol. The van der Waals surface area contributed by atoms with E-state index in [4.69, 9.17) is 0 Å². The maximum absolute atomic E-state index is 12.3. The largest absolute Gasteiger partial charge is 0.336 e. The number of nitro benzene ring substituents is 1. The summed E-state index contributed by atoms with van der Waals surface area (Å²) in [5, 5.41) is 19.6. The Kier molecular flexibility index (Phi) is 6.39. The lowest BCUT2D eigenvalue weighted by atomic mass is 10.2. The van der Waals surface area contributed by atoms with Gasteiger partial charge >= 0.3 is 6.03 Å². The Balaban J connectivity index is 1.55. The van der Waals surface area contributed by atoms with E-state index >= 15 is 0 Å². The topological polar surface area (TPSA) is 130 Å². The van der Waals surface area contributed by atoms with Gasteiger partial charge in [0.2, 0.25) is 5.91 Å². The summed E-state index contributed by atoms with van der Waals surface area (Å²) in [6, 6.07) is 5.59. The number of benzene rings is 1. The van der Waals surface area contributed by atoms with Crippen LogP contribution in [-0.2, 0) is 17.8 Å². The maximum atomic E-state index is 12.3. The summed E-state index contributed by atoms with van der Waals surface area (Å²) in [7, 11) is 0. The van der Waals surface area contributed by atoms with E-state index in [1.54, 1.807) is 6.07 Å². The van der Waals surface area contributed by atoms with Gasteiger partial charge in [-0.25, -0.2) is 9.78 Å². The van der Waals surface area contributed by atoms with Crippen LogP contribution < -0.4 is 16.0 Å². The minimum atomic E-state index is -0.501. The molecule has 0 saturated heterocycles. The summed E-state index contributed by atoms with van der Waals surface area (Å²) < 4.78 is 0. The predicted octanol–water partition coefficient (Wildman–Crippen LogP) is 2.58. The highest BCUT2D eigenvalue weighted by atomic mass is 32.1. The molecule has 1 aromatic carbocycles. The molecule has 0 aliphatic carbocycles. The molecule has 154 valence electrons. The van der Waals surface area contributed by atoms with Crippen LogP contribution in [0.25, 0.3) is 0 Å². The van der Waals surface area contributed by atoms with E-state index in [1.165, 1.54) is 29.5 Å². The first-order chi connectivity index (χ1) is 13.8. The number of thiazole rings is 1. The van der Waals surface area contributed by atoms with E-state index in [2.05, 4.69) is 20.9 Å². The number of rotatable bonds is 6. The van der Waals surface area contributed by atoms with Gasteiger partial charge in [0.15, 0.2) is 5.13 Å². The summed E-state index contributed by atoms with van der Waals surface area (Å²) in [5.74, 6) is -0.242. The molecule has 1 aliphatic rings. The SMILES string of the molecule is CC(C)NC(=O)Nc1nc2c(s1)CN(CC(=O)Nc1cccc([N+](=O)[O-])c1)CC2. The normalized spacial score (nSPS) is 13.6. The molecule has 0 fully saturated rings. The Labute approximate surface area is 171 Å². The van der Waals surface area contributed by atoms with E-state index < -0.39 is 4.92 Å². The Hall–Kier alpha value is -3.05. The number of carbonyl (C=O) groups excluding carboxylic acids is 2. The van der Waals surface area contributed by atoms with Crippen molar-refractivity contribution >= 4 is 39.8 Å². The van der Waals surface area contributed by atoms with Crippen molar-refractivity contribution in [2.24, 2.45) is 0 Å². The first kappa shape index (κ1) is 20.7. The van der Waals surface area contributed by atoms with Crippen molar-refractivity contribution in [3.05, 3.63) is 45.0 Å². The number of hydrogen-bond donors (Lipinski definition) is 3. The molecule has 0 unspecified atom stereocenters. The zero-order valence-corrected chi connectivity index (χ0v) is 16.9. The third-order valence-corrected chi connectivity index (χ3v) is 5.16. The number of non-ortho nitro benzene ring substituents is 1. The van der Waals surface area contributed by atoms with Gasteiger partial charge in [0.05, 0.1) is 17.2 Å². The molecule has 3 N–H and O–H groups in total. The van der Waals surface area contributed by atoms with Crippen molar-refractivity contribution in [1.29, 1.82) is 0 Å². The molecule has 0 saturated carbocycles. The van der Waals surface area contributed by atoms with Gasteiger partial charge in [0, 0.05) is 48.2 Å². The van der Waals surface area contributed by atoms with Crippen molar-refractivity contribution in [1.82, 2.24) is 15.2 Å². The third kappa shape index (κ3) is 5.72. The average Bonchev–Trinajstić information content (AvgIpc) is 3.02. The van der Waals surface area contributed by atoms with Crippen LogP contribution in [0.1, 0.15) is 24.4 Å². The molecular formula is C18H22N6O4S. The molecule has 0 atom stereocenters. The minimum Gasteiger partial charge on any atom is -0.336 e. The quantitative estimate of drug-likeness (QED) is 0.488. The number of urea groups is 1. The van der Waals surface area contributed by atoms with Crippen LogP contribution >= 0.6 is 11.3 Å². The van der Waals surface area contributed by atoms with Gasteiger partial charge in [-0.1, -0.05) is 6.07 Å². The fourth-order valence-corrected chi connectivity index (χ4v) is 3.98. The summed E-state index contributed by atoms with van der Waals surface area (Å²) in [6.45, 7) is 5.14. The smallest absolute Gasteiger partial charge is 0.321 e. The highest BCUT2D eigenvalue weighted by Gasteiger charge is 2.23.